The number of H-pyrrole nitrogens is 1. The zero-order valence-corrected chi connectivity index (χ0v) is 8.82. The van der Waals surface area contributed by atoms with Crippen molar-refractivity contribution in [2.75, 3.05) is 5.43 Å². The number of hydrogen-bond donors (Lipinski definition) is 3. The molecule has 0 atom stereocenters. The molecule has 0 radical (unpaired) electrons. The number of anilines is 1. The van der Waals surface area contributed by atoms with E-state index in [4.69, 9.17) is 17.4 Å². The van der Waals surface area contributed by atoms with E-state index in [-0.39, 0.29) is 17.2 Å². The molecule has 7 heteroatoms. The first kappa shape index (κ1) is 10.6. The van der Waals surface area contributed by atoms with E-state index in [0.717, 1.165) is 0 Å². The third-order valence-corrected chi connectivity index (χ3v) is 2.20. The Bertz CT molecular complexity index is 551. The lowest BCUT2D eigenvalue weighted by molar-refractivity contribution is 0.946. The van der Waals surface area contributed by atoms with Crippen molar-refractivity contribution in [2.45, 2.75) is 0 Å². The fraction of sp³-hybridized carbons (Fsp3) is 0. The van der Waals surface area contributed by atoms with Gasteiger partial charge in [-0.05, 0) is 12.1 Å². The first-order chi connectivity index (χ1) is 7.70. The van der Waals surface area contributed by atoms with Gasteiger partial charge in [0.1, 0.15) is 0 Å². The lowest BCUT2D eigenvalue weighted by atomic mass is 10.2. The summed E-state index contributed by atoms with van der Waals surface area (Å²) in [5, 5.41) is 8.04. The number of nitrogens with one attached hydrogen (secondary N) is 2. The van der Waals surface area contributed by atoms with Crippen LogP contribution in [0.3, 0.4) is 0 Å². The summed E-state index contributed by atoms with van der Waals surface area (Å²) in [5.41, 5.74) is 2.69. The predicted molar refractivity (Wildman–Crippen MR) is 60.9 cm³/mol. The lowest BCUT2D eigenvalue weighted by Gasteiger charge is -2.00. The molecule has 0 aliphatic carbocycles. The van der Waals surface area contributed by atoms with E-state index in [2.05, 4.69) is 20.6 Å². The first-order valence-corrected chi connectivity index (χ1v) is 4.78. The van der Waals surface area contributed by atoms with Crippen LogP contribution in [0.2, 0.25) is 5.02 Å². The van der Waals surface area contributed by atoms with Gasteiger partial charge < -0.3 is 0 Å². The van der Waals surface area contributed by atoms with Crippen molar-refractivity contribution in [1.29, 1.82) is 0 Å². The topological polar surface area (TPSA) is 96.7 Å². The van der Waals surface area contributed by atoms with E-state index in [1.54, 1.807) is 24.3 Å². The molecular weight excluding hydrogens is 230 g/mol. The van der Waals surface area contributed by atoms with Gasteiger partial charge in [0.05, 0.1) is 0 Å². The molecule has 4 N–H and O–H groups in total. The molecule has 0 bridgehead atoms. The van der Waals surface area contributed by atoms with E-state index in [9.17, 15) is 4.79 Å². The second-order valence-electron chi connectivity index (χ2n) is 3.00. The third kappa shape index (κ3) is 2.02. The Morgan fingerprint density at radius 2 is 1.94 bits per heavy atom. The Hall–Kier alpha value is -1.92. The Morgan fingerprint density at radius 1 is 1.25 bits per heavy atom. The first-order valence-electron chi connectivity index (χ1n) is 4.40. The Labute approximate surface area is 95.4 Å². The highest BCUT2D eigenvalue weighted by Gasteiger charge is 2.06. The van der Waals surface area contributed by atoms with E-state index in [1.165, 1.54) is 0 Å². The zero-order valence-electron chi connectivity index (χ0n) is 8.07. The molecule has 0 unspecified atom stereocenters. The molecule has 1 heterocycles. The number of halogens is 1. The van der Waals surface area contributed by atoms with E-state index >= 15 is 0 Å². The average Bonchev–Trinajstić information content (AvgIpc) is 2.30. The summed E-state index contributed by atoms with van der Waals surface area (Å²) in [6.45, 7) is 0. The third-order valence-electron chi connectivity index (χ3n) is 1.95. The molecule has 0 aliphatic heterocycles. The van der Waals surface area contributed by atoms with Crippen molar-refractivity contribution in [3.63, 3.8) is 0 Å². The van der Waals surface area contributed by atoms with E-state index < -0.39 is 0 Å². The summed E-state index contributed by atoms with van der Waals surface area (Å²) in [6, 6.07) is 6.73. The minimum atomic E-state index is -0.370. The highest BCUT2D eigenvalue weighted by Crippen LogP contribution is 2.16. The second kappa shape index (κ2) is 4.30. The van der Waals surface area contributed by atoms with E-state index in [0.29, 0.717) is 10.6 Å². The fourth-order valence-electron chi connectivity index (χ4n) is 1.20. The molecule has 2 rings (SSSR count). The van der Waals surface area contributed by atoms with Gasteiger partial charge in [0.2, 0.25) is 5.95 Å². The minimum absolute atomic E-state index is 0.114. The highest BCUT2D eigenvalue weighted by atomic mass is 35.5. The summed E-state index contributed by atoms with van der Waals surface area (Å²) in [6.07, 6.45) is 0. The molecule has 0 saturated carbocycles. The van der Waals surface area contributed by atoms with Crippen LogP contribution in [0.15, 0.2) is 29.1 Å². The van der Waals surface area contributed by atoms with Gasteiger partial charge in [-0.25, -0.2) is 5.84 Å². The molecule has 0 amide bonds. The summed E-state index contributed by atoms with van der Waals surface area (Å²) in [4.78, 5) is 14.0. The number of aromatic amines is 1. The lowest BCUT2D eigenvalue weighted by Crippen LogP contribution is -2.19. The van der Waals surface area contributed by atoms with Crippen LogP contribution in [0.5, 0.6) is 0 Å². The van der Waals surface area contributed by atoms with Crippen molar-refractivity contribution >= 4 is 17.5 Å². The fourth-order valence-corrected chi connectivity index (χ4v) is 1.32. The van der Waals surface area contributed by atoms with Gasteiger partial charge in [0.15, 0.2) is 5.69 Å². The van der Waals surface area contributed by atoms with Crippen LogP contribution in [0, 0.1) is 0 Å². The van der Waals surface area contributed by atoms with E-state index in [1.807, 2.05) is 0 Å². The number of nitrogen functional groups attached to an aromatic ring is 1. The van der Waals surface area contributed by atoms with Gasteiger partial charge in [-0.15, -0.1) is 10.2 Å². The number of nitrogens with zero attached hydrogens (tertiary/aromatic N) is 2. The number of nitrogens with two attached hydrogens (primary N) is 1. The Kier molecular flexibility index (Phi) is 2.84. The number of hydrazine groups is 1. The molecule has 16 heavy (non-hydrogen) atoms. The Balaban J connectivity index is 2.48. The maximum Gasteiger partial charge on any atom is 0.279 e. The molecule has 6 nitrogen and oxygen atoms in total. The van der Waals surface area contributed by atoms with Gasteiger partial charge in [0.25, 0.3) is 5.56 Å². The van der Waals surface area contributed by atoms with Gasteiger partial charge in [0, 0.05) is 10.6 Å². The number of rotatable bonds is 2. The van der Waals surface area contributed by atoms with Crippen LogP contribution in [0.25, 0.3) is 11.3 Å². The summed E-state index contributed by atoms with van der Waals surface area (Å²) in [5.74, 6) is 5.20. The van der Waals surface area contributed by atoms with Crippen molar-refractivity contribution < 1.29 is 0 Å². The van der Waals surface area contributed by atoms with Crippen molar-refractivity contribution in [3.8, 4) is 11.3 Å². The van der Waals surface area contributed by atoms with Gasteiger partial charge in [-0.2, -0.15) is 0 Å². The number of aromatic nitrogens is 3. The zero-order chi connectivity index (χ0) is 11.5. The molecule has 0 fully saturated rings. The van der Waals surface area contributed by atoms with Crippen LogP contribution in [-0.4, -0.2) is 15.2 Å². The molecule has 1 aromatic heterocycles. The molecular formula is C9H8ClN5O. The van der Waals surface area contributed by atoms with Crippen LogP contribution in [0.4, 0.5) is 5.95 Å². The standard InChI is InChI=1S/C9H8ClN5O/c10-6-3-1-5(2-4-6)7-8(16)12-9(13-11)15-14-7/h1-4H,11H2,(H2,12,13,15,16). The monoisotopic (exact) mass is 237 g/mol. The average molecular weight is 238 g/mol. The van der Waals surface area contributed by atoms with Crippen molar-refractivity contribution in [3.05, 3.63) is 39.6 Å². The van der Waals surface area contributed by atoms with Crippen LogP contribution < -0.4 is 16.8 Å². The molecule has 2 aromatic rings. The smallest absolute Gasteiger partial charge is 0.279 e. The van der Waals surface area contributed by atoms with Gasteiger partial charge in [-0.1, -0.05) is 23.7 Å². The van der Waals surface area contributed by atoms with Crippen molar-refractivity contribution in [2.24, 2.45) is 5.84 Å². The normalized spacial score (nSPS) is 10.1. The quantitative estimate of drug-likeness (QED) is 0.530. The molecule has 0 spiro atoms. The number of benzene rings is 1. The Morgan fingerprint density at radius 3 is 2.50 bits per heavy atom. The van der Waals surface area contributed by atoms with Crippen LogP contribution in [0.1, 0.15) is 0 Å². The largest absolute Gasteiger partial charge is 0.293 e. The molecule has 82 valence electrons. The molecule has 0 saturated heterocycles. The second-order valence-corrected chi connectivity index (χ2v) is 3.44. The van der Waals surface area contributed by atoms with Gasteiger partial charge >= 0.3 is 0 Å². The number of hydrogen-bond acceptors (Lipinski definition) is 5. The SMILES string of the molecule is NNc1nnc(-c2ccc(Cl)cc2)c(=O)[nH]1. The maximum atomic E-state index is 11.6. The summed E-state index contributed by atoms with van der Waals surface area (Å²) >= 11 is 5.74. The minimum Gasteiger partial charge on any atom is -0.293 e. The highest BCUT2D eigenvalue weighted by molar-refractivity contribution is 6.30. The van der Waals surface area contributed by atoms with Crippen molar-refractivity contribution in [1.82, 2.24) is 15.2 Å². The summed E-state index contributed by atoms with van der Waals surface area (Å²) < 4.78 is 0. The van der Waals surface area contributed by atoms with Gasteiger partial charge in [-0.3, -0.25) is 15.2 Å². The summed E-state index contributed by atoms with van der Waals surface area (Å²) in [7, 11) is 0. The van der Waals surface area contributed by atoms with Crippen LogP contribution in [-0.2, 0) is 0 Å². The van der Waals surface area contributed by atoms with Crippen LogP contribution >= 0.6 is 11.6 Å². The molecule has 1 aromatic carbocycles. The predicted octanol–water partition coefficient (Wildman–Crippen LogP) is 0.771. The maximum absolute atomic E-state index is 11.6. The molecule has 0 aliphatic rings.